The standard InChI is InChI=1S/C16H20N4O/c17-15-5-7-18-16(19-15)20-8-6-14(10-20)9-12-1-3-13(11-21)4-2-12/h1-5,7,14,21H,6,8-11H2,(H2,17,18,19). The number of aliphatic hydroxyl groups is 1. The van der Waals surface area contributed by atoms with Gasteiger partial charge in [0.05, 0.1) is 6.61 Å². The third-order valence-corrected chi connectivity index (χ3v) is 3.96. The average molecular weight is 284 g/mol. The molecule has 1 atom stereocenters. The molecule has 1 saturated heterocycles. The molecule has 0 spiro atoms. The average Bonchev–Trinajstić information content (AvgIpc) is 2.97. The van der Waals surface area contributed by atoms with Crippen LogP contribution < -0.4 is 10.6 Å². The first-order chi connectivity index (χ1) is 10.2. The Bertz CT molecular complexity index is 599. The van der Waals surface area contributed by atoms with Crippen molar-refractivity contribution in [3.05, 3.63) is 47.7 Å². The molecule has 1 unspecified atom stereocenters. The molecule has 110 valence electrons. The lowest BCUT2D eigenvalue weighted by Gasteiger charge is -2.16. The van der Waals surface area contributed by atoms with E-state index >= 15 is 0 Å². The fourth-order valence-corrected chi connectivity index (χ4v) is 2.81. The summed E-state index contributed by atoms with van der Waals surface area (Å²) in [5, 5.41) is 9.07. The molecule has 1 aliphatic heterocycles. The van der Waals surface area contributed by atoms with Crippen LogP contribution in [0.25, 0.3) is 0 Å². The van der Waals surface area contributed by atoms with Gasteiger partial charge in [-0.05, 0) is 36.0 Å². The Morgan fingerprint density at radius 3 is 2.67 bits per heavy atom. The minimum Gasteiger partial charge on any atom is -0.392 e. The number of nitrogens with two attached hydrogens (primary N) is 1. The predicted octanol–water partition coefficient (Wildman–Crippen LogP) is 1.62. The van der Waals surface area contributed by atoms with Gasteiger partial charge in [0.2, 0.25) is 5.95 Å². The van der Waals surface area contributed by atoms with Crippen LogP contribution in [0.5, 0.6) is 0 Å². The number of hydrogen-bond donors (Lipinski definition) is 2. The third kappa shape index (κ3) is 3.31. The minimum atomic E-state index is 0.101. The van der Waals surface area contributed by atoms with E-state index < -0.39 is 0 Å². The van der Waals surface area contributed by atoms with Crippen LogP contribution in [0.2, 0.25) is 0 Å². The highest BCUT2D eigenvalue weighted by atomic mass is 16.3. The van der Waals surface area contributed by atoms with E-state index in [4.69, 9.17) is 10.8 Å². The zero-order valence-corrected chi connectivity index (χ0v) is 11.9. The number of aliphatic hydroxyl groups excluding tert-OH is 1. The quantitative estimate of drug-likeness (QED) is 0.892. The third-order valence-electron chi connectivity index (χ3n) is 3.96. The summed E-state index contributed by atoms with van der Waals surface area (Å²) in [6.07, 6.45) is 3.89. The summed E-state index contributed by atoms with van der Waals surface area (Å²) < 4.78 is 0. The Morgan fingerprint density at radius 2 is 1.95 bits per heavy atom. The van der Waals surface area contributed by atoms with Gasteiger partial charge < -0.3 is 15.7 Å². The van der Waals surface area contributed by atoms with Crippen molar-refractivity contribution in [3.8, 4) is 0 Å². The number of nitrogens with zero attached hydrogens (tertiary/aromatic N) is 3. The summed E-state index contributed by atoms with van der Waals surface area (Å²) in [6, 6.07) is 9.89. The number of nitrogen functional groups attached to an aromatic ring is 1. The van der Waals surface area contributed by atoms with Gasteiger partial charge in [-0.2, -0.15) is 4.98 Å². The molecule has 3 N–H and O–H groups in total. The van der Waals surface area contributed by atoms with Gasteiger partial charge in [0.1, 0.15) is 5.82 Å². The normalized spacial score (nSPS) is 18.1. The number of benzene rings is 1. The molecule has 1 aromatic heterocycles. The summed E-state index contributed by atoms with van der Waals surface area (Å²) in [5.74, 6) is 1.85. The predicted molar refractivity (Wildman–Crippen MR) is 82.8 cm³/mol. The molecule has 1 fully saturated rings. The van der Waals surface area contributed by atoms with Crippen molar-refractivity contribution in [2.45, 2.75) is 19.4 Å². The lowest BCUT2D eigenvalue weighted by molar-refractivity contribution is 0.282. The first kappa shape index (κ1) is 13.8. The Morgan fingerprint density at radius 1 is 1.19 bits per heavy atom. The second-order valence-electron chi connectivity index (χ2n) is 5.56. The van der Waals surface area contributed by atoms with Gasteiger partial charge in [-0.15, -0.1) is 0 Å². The van der Waals surface area contributed by atoms with Crippen molar-refractivity contribution in [1.82, 2.24) is 9.97 Å². The zero-order chi connectivity index (χ0) is 14.7. The molecule has 5 nitrogen and oxygen atoms in total. The Kier molecular flexibility index (Phi) is 4.01. The molecule has 1 aliphatic rings. The fourth-order valence-electron chi connectivity index (χ4n) is 2.81. The van der Waals surface area contributed by atoms with Crippen LogP contribution in [-0.4, -0.2) is 28.2 Å². The van der Waals surface area contributed by atoms with Crippen molar-refractivity contribution in [2.24, 2.45) is 5.92 Å². The van der Waals surface area contributed by atoms with E-state index in [2.05, 4.69) is 27.0 Å². The van der Waals surface area contributed by atoms with Crippen molar-refractivity contribution in [2.75, 3.05) is 23.7 Å². The molecule has 2 aromatic rings. The Hall–Kier alpha value is -2.14. The number of anilines is 2. The molecule has 0 amide bonds. The molecular weight excluding hydrogens is 264 g/mol. The van der Waals surface area contributed by atoms with Crippen molar-refractivity contribution in [1.29, 1.82) is 0 Å². The maximum atomic E-state index is 9.07. The first-order valence-electron chi connectivity index (χ1n) is 7.27. The Balaban J connectivity index is 1.61. The minimum absolute atomic E-state index is 0.101. The Labute approximate surface area is 124 Å². The molecule has 21 heavy (non-hydrogen) atoms. The van der Waals surface area contributed by atoms with Crippen LogP contribution in [-0.2, 0) is 13.0 Å². The highest BCUT2D eigenvalue weighted by Crippen LogP contribution is 2.24. The number of aromatic nitrogens is 2. The summed E-state index contributed by atoms with van der Waals surface area (Å²) >= 11 is 0. The zero-order valence-electron chi connectivity index (χ0n) is 11.9. The second-order valence-corrected chi connectivity index (χ2v) is 5.56. The summed E-state index contributed by atoms with van der Waals surface area (Å²) in [6.45, 7) is 2.04. The maximum absolute atomic E-state index is 9.07. The van der Waals surface area contributed by atoms with Gasteiger partial charge in [0.25, 0.3) is 0 Å². The molecule has 2 heterocycles. The van der Waals surface area contributed by atoms with E-state index in [0.717, 1.165) is 37.4 Å². The van der Waals surface area contributed by atoms with E-state index in [-0.39, 0.29) is 6.61 Å². The van der Waals surface area contributed by atoms with Crippen LogP contribution in [0.3, 0.4) is 0 Å². The van der Waals surface area contributed by atoms with E-state index in [1.54, 1.807) is 12.3 Å². The molecule has 0 aliphatic carbocycles. The van der Waals surface area contributed by atoms with E-state index in [1.807, 2.05) is 12.1 Å². The molecule has 0 radical (unpaired) electrons. The maximum Gasteiger partial charge on any atom is 0.227 e. The van der Waals surface area contributed by atoms with Crippen molar-refractivity contribution >= 4 is 11.8 Å². The highest BCUT2D eigenvalue weighted by molar-refractivity contribution is 5.38. The van der Waals surface area contributed by atoms with Crippen LogP contribution >= 0.6 is 0 Å². The van der Waals surface area contributed by atoms with Crippen LogP contribution in [0.4, 0.5) is 11.8 Å². The van der Waals surface area contributed by atoms with E-state index in [1.165, 1.54) is 5.56 Å². The van der Waals surface area contributed by atoms with Gasteiger partial charge in [-0.25, -0.2) is 4.98 Å². The SMILES string of the molecule is Nc1ccnc(N2CCC(Cc3ccc(CO)cc3)C2)n1. The van der Waals surface area contributed by atoms with E-state index in [9.17, 15) is 0 Å². The van der Waals surface area contributed by atoms with Crippen LogP contribution in [0.1, 0.15) is 17.5 Å². The van der Waals surface area contributed by atoms with Gasteiger partial charge in [0.15, 0.2) is 0 Å². The molecular formula is C16H20N4O. The number of rotatable bonds is 4. The molecule has 5 heteroatoms. The molecule has 0 saturated carbocycles. The lowest BCUT2D eigenvalue weighted by Crippen LogP contribution is -2.22. The smallest absolute Gasteiger partial charge is 0.227 e. The van der Waals surface area contributed by atoms with E-state index in [0.29, 0.717) is 11.7 Å². The van der Waals surface area contributed by atoms with Gasteiger partial charge >= 0.3 is 0 Å². The first-order valence-corrected chi connectivity index (χ1v) is 7.27. The monoisotopic (exact) mass is 284 g/mol. The van der Waals surface area contributed by atoms with Crippen LogP contribution in [0, 0.1) is 5.92 Å². The van der Waals surface area contributed by atoms with Crippen molar-refractivity contribution < 1.29 is 5.11 Å². The molecule has 1 aromatic carbocycles. The van der Waals surface area contributed by atoms with Gasteiger partial charge in [-0.1, -0.05) is 24.3 Å². The summed E-state index contributed by atoms with van der Waals surface area (Å²) in [5.41, 5.74) is 7.98. The van der Waals surface area contributed by atoms with Crippen LogP contribution in [0.15, 0.2) is 36.5 Å². The van der Waals surface area contributed by atoms with Crippen molar-refractivity contribution in [3.63, 3.8) is 0 Å². The lowest BCUT2D eigenvalue weighted by atomic mass is 9.98. The molecule has 0 bridgehead atoms. The van der Waals surface area contributed by atoms with Gasteiger partial charge in [-0.3, -0.25) is 0 Å². The second kappa shape index (κ2) is 6.10. The topological polar surface area (TPSA) is 75.3 Å². The summed E-state index contributed by atoms with van der Waals surface area (Å²) in [4.78, 5) is 10.8. The largest absolute Gasteiger partial charge is 0.392 e. The fraction of sp³-hybridized carbons (Fsp3) is 0.375. The highest BCUT2D eigenvalue weighted by Gasteiger charge is 2.24. The summed E-state index contributed by atoms with van der Waals surface area (Å²) in [7, 11) is 0. The molecule has 3 rings (SSSR count). The number of hydrogen-bond acceptors (Lipinski definition) is 5. The van der Waals surface area contributed by atoms with Gasteiger partial charge in [0, 0.05) is 19.3 Å².